The van der Waals surface area contributed by atoms with Gasteiger partial charge < -0.3 is 0 Å². The van der Waals surface area contributed by atoms with Crippen LogP contribution in [0.2, 0.25) is 0 Å². The van der Waals surface area contributed by atoms with Crippen LogP contribution in [0.25, 0.3) is 0 Å². The number of nitro benzene ring substituents is 1. The predicted octanol–water partition coefficient (Wildman–Crippen LogP) is 1.96. The number of ether oxygens (including phenoxy) is 1. The molecule has 0 aromatic heterocycles. The van der Waals surface area contributed by atoms with E-state index in [0.717, 1.165) is 0 Å². The number of hydrogen-bond donors (Lipinski definition) is 1. The van der Waals surface area contributed by atoms with Crippen molar-refractivity contribution in [2.75, 3.05) is 0 Å². The SMILES string of the molecule is C=C(C)C(C(=O)OCc1ccc([N+](=O)[O-])cc1)N1C(=O)C(N)C1[S][Hg][Cl]. The van der Waals surface area contributed by atoms with Crippen LogP contribution in [0.5, 0.6) is 0 Å². The van der Waals surface area contributed by atoms with Crippen molar-refractivity contribution in [2.45, 2.75) is 31.0 Å². The number of nitrogens with zero attached hydrogens (tertiary/aromatic N) is 2. The van der Waals surface area contributed by atoms with E-state index in [0.29, 0.717) is 11.1 Å². The molecular formula is C15H16ClHgN3O5S. The molecule has 0 aliphatic carbocycles. The van der Waals surface area contributed by atoms with Gasteiger partial charge in [0.05, 0.1) is 0 Å². The fourth-order valence-electron chi connectivity index (χ4n) is 2.53. The summed E-state index contributed by atoms with van der Waals surface area (Å²) in [6, 6.07) is 4.09. The Hall–Kier alpha value is -1.16. The molecular weight excluding hydrogens is 570 g/mol. The van der Waals surface area contributed by atoms with E-state index in [1.54, 1.807) is 6.92 Å². The van der Waals surface area contributed by atoms with E-state index in [2.05, 4.69) is 6.58 Å². The summed E-state index contributed by atoms with van der Waals surface area (Å²) < 4.78 is 5.29. The number of amides is 1. The first kappa shape index (κ1) is 21.1. The Morgan fingerprint density at radius 2 is 2.15 bits per heavy atom. The number of nitro groups is 1. The van der Waals surface area contributed by atoms with Crippen molar-refractivity contribution in [3.05, 3.63) is 52.1 Å². The van der Waals surface area contributed by atoms with Crippen molar-refractivity contribution in [1.82, 2.24) is 4.90 Å². The standard InChI is InChI=1S/C15H17N3O5S.ClH.Hg/c1-8(2)12(17-13(19)11(16)14(17)24)15(20)23-7-9-3-5-10(6-4-9)18(21)22;;/h3-6,11-12,14,24H,1,7,16H2,2H3;1H;/q;;+2/p-2. The summed E-state index contributed by atoms with van der Waals surface area (Å²) in [5.74, 6) is -0.950. The zero-order chi connectivity index (χ0) is 19.4. The van der Waals surface area contributed by atoms with Gasteiger partial charge in [-0.2, -0.15) is 0 Å². The van der Waals surface area contributed by atoms with E-state index < -0.39 is 44.8 Å². The summed E-state index contributed by atoms with van der Waals surface area (Å²) in [6.45, 7) is 5.36. The molecule has 3 unspecified atom stereocenters. The molecule has 1 aliphatic rings. The van der Waals surface area contributed by atoms with Crippen LogP contribution in [0, 0.1) is 10.1 Å². The molecule has 2 rings (SSSR count). The maximum absolute atomic E-state index is 12.5. The Labute approximate surface area is 168 Å². The van der Waals surface area contributed by atoms with Crippen LogP contribution in [-0.4, -0.2) is 39.2 Å². The molecule has 1 aliphatic heterocycles. The zero-order valence-corrected chi connectivity index (χ0v) is 21.0. The van der Waals surface area contributed by atoms with E-state index in [9.17, 15) is 19.7 Å². The van der Waals surface area contributed by atoms with Gasteiger partial charge in [-0.05, 0) is 0 Å². The molecule has 1 aromatic rings. The molecule has 8 nitrogen and oxygen atoms in total. The average molecular weight is 586 g/mol. The normalized spacial score (nSPS) is 20.0. The monoisotopic (exact) mass is 587 g/mol. The van der Waals surface area contributed by atoms with Crippen LogP contribution >= 0.6 is 16.5 Å². The Morgan fingerprint density at radius 1 is 1.54 bits per heavy atom. The third-order valence-corrected chi connectivity index (χ3v) is 13.6. The van der Waals surface area contributed by atoms with Gasteiger partial charge in [-0.1, -0.05) is 0 Å². The van der Waals surface area contributed by atoms with Gasteiger partial charge in [0.1, 0.15) is 0 Å². The topological polar surface area (TPSA) is 116 Å². The zero-order valence-electron chi connectivity index (χ0n) is 14.0. The Bertz CT molecular complexity index is 732. The van der Waals surface area contributed by atoms with E-state index in [4.69, 9.17) is 18.7 Å². The number of likely N-dealkylation sites (tertiary alicyclic amines) is 1. The second-order valence-electron chi connectivity index (χ2n) is 5.72. The number of benzene rings is 1. The van der Waals surface area contributed by atoms with Crippen LogP contribution in [0.1, 0.15) is 12.5 Å². The summed E-state index contributed by atoms with van der Waals surface area (Å²) in [7, 11) is 7.41. The molecule has 1 heterocycles. The third-order valence-electron chi connectivity index (χ3n) is 3.85. The first-order valence-electron chi connectivity index (χ1n) is 7.58. The summed E-state index contributed by atoms with van der Waals surface area (Å²) in [5, 5.41) is 10.3. The average Bonchev–Trinajstić information content (AvgIpc) is 2.62. The molecule has 1 aromatic carbocycles. The quantitative estimate of drug-likeness (QED) is 0.124. The van der Waals surface area contributed by atoms with Crippen molar-refractivity contribution in [3.8, 4) is 0 Å². The molecule has 11 heteroatoms. The van der Waals surface area contributed by atoms with Crippen LogP contribution < -0.4 is 5.73 Å². The number of nitrogens with two attached hydrogens (primary N) is 1. The summed E-state index contributed by atoms with van der Waals surface area (Å²) in [4.78, 5) is 36.2. The molecule has 0 saturated carbocycles. The van der Waals surface area contributed by atoms with Crippen molar-refractivity contribution in [1.29, 1.82) is 0 Å². The number of non-ortho nitro benzene ring substituents is 1. The van der Waals surface area contributed by atoms with E-state index in [1.165, 1.54) is 37.4 Å². The number of esters is 1. The molecule has 0 spiro atoms. The van der Waals surface area contributed by atoms with Crippen LogP contribution in [0.3, 0.4) is 0 Å². The van der Waals surface area contributed by atoms with Gasteiger partial charge in [0.25, 0.3) is 0 Å². The maximum atomic E-state index is 12.5. The first-order valence-corrected chi connectivity index (χ1v) is 22.1. The number of rotatable bonds is 8. The van der Waals surface area contributed by atoms with Crippen molar-refractivity contribution in [3.63, 3.8) is 0 Å². The Kier molecular flexibility index (Phi) is 7.45. The van der Waals surface area contributed by atoms with Crippen molar-refractivity contribution < 1.29 is 41.1 Å². The predicted molar refractivity (Wildman–Crippen MR) is 93.5 cm³/mol. The summed E-state index contributed by atoms with van der Waals surface area (Å²) in [5.41, 5.74) is 6.83. The van der Waals surface area contributed by atoms with E-state index in [1.807, 2.05) is 0 Å². The van der Waals surface area contributed by atoms with E-state index in [-0.39, 0.29) is 23.6 Å². The van der Waals surface area contributed by atoms with Crippen molar-refractivity contribution in [2.24, 2.45) is 5.73 Å². The van der Waals surface area contributed by atoms with Gasteiger partial charge in [-0.15, -0.1) is 0 Å². The van der Waals surface area contributed by atoms with Gasteiger partial charge >= 0.3 is 159 Å². The number of halogens is 1. The van der Waals surface area contributed by atoms with Gasteiger partial charge in [-0.3, -0.25) is 10.1 Å². The second kappa shape index (κ2) is 9.16. The van der Waals surface area contributed by atoms with Crippen molar-refractivity contribution >= 4 is 34.1 Å². The number of β-lactam (4-membered cyclic amide) rings is 1. The molecule has 0 bridgehead atoms. The molecule has 1 amide bonds. The second-order valence-corrected chi connectivity index (χ2v) is 18.9. The molecule has 26 heavy (non-hydrogen) atoms. The van der Waals surface area contributed by atoms with Crippen LogP contribution in [-0.2, 0) is 42.8 Å². The fraction of sp³-hybridized carbons (Fsp3) is 0.333. The minimum atomic E-state index is -1.65. The fourth-order valence-corrected chi connectivity index (χ4v) is 12.6. The van der Waals surface area contributed by atoms with Gasteiger partial charge in [0.15, 0.2) is 0 Å². The van der Waals surface area contributed by atoms with Gasteiger partial charge in [0.2, 0.25) is 0 Å². The summed E-state index contributed by atoms with van der Waals surface area (Å²) in [6.07, 6.45) is 0. The molecule has 136 valence electrons. The minimum absolute atomic E-state index is 0.0485. The molecule has 1 fully saturated rings. The third kappa shape index (κ3) is 4.57. The summed E-state index contributed by atoms with van der Waals surface area (Å²) >= 11 is -1.65. The molecule has 3 atom stereocenters. The van der Waals surface area contributed by atoms with Gasteiger partial charge in [-0.25, -0.2) is 0 Å². The molecule has 1 saturated heterocycles. The number of carbonyl (C=O) groups excluding carboxylic acids is 2. The molecule has 2 N–H and O–H groups in total. The molecule has 0 radical (unpaired) electrons. The Morgan fingerprint density at radius 3 is 2.65 bits per heavy atom. The number of hydrogen-bond acceptors (Lipinski definition) is 7. The van der Waals surface area contributed by atoms with Crippen LogP contribution in [0.15, 0.2) is 36.4 Å². The van der Waals surface area contributed by atoms with Gasteiger partial charge in [0, 0.05) is 0 Å². The number of carbonyl (C=O) groups is 2. The van der Waals surface area contributed by atoms with E-state index >= 15 is 0 Å². The first-order chi connectivity index (χ1) is 12.3. The Balaban J connectivity index is 2.05. The van der Waals surface area contributed by atoms with Crippen LogP contribution in [0.4, 0.5) is 5.69 Å².